The maximum atomic E-state index is 12.7. The van der Waals surface area contributed by atoms with Crippen LogP contribution >= 0.6 is 0 Å². The van der Waals surface area contributed by atoms with Crippen molar-refractivity contribution in [3.63, 3.8) is 0 Å². The van der Waals surface area contributed by atoms with E-state index in [4.69, 9.17) is 0 Å². The standard InChI is InChI=1S/C22H18N2O5/c25-21(16-7-2-1-3-8-16)14-18(17-9-6-10-19(13-17)24(28)29)15-22(26)20-11-4-5-12-23(20)27/h1-13,18H,14-15H2/t18-/m1/s1. The fourth-order valence-corrected chi connectivity index (χ4v) is 3.14. The van der Waals surface area contributed by atoms with E-state index < -0.39 is 16.6 Å². The summed E-state index contributed by atoms with van der Waals surface area (Å²) in [5, 5.41) is 23.0. The molecule has 0 amide bonds. The molecule has 0 unspecified atom stereocenters. The van der Waals surface area contributed by atoms with Crippen molar-refractivity contribution in [2.24, 2.45) is 0 Å². The summed E-state index contributed by atoms with van der Waals surface area (Å²) in [6.07, 6.45) is 1.10. The monoisotopic (exact) mass is 390 g/mol. The highest BCUT2D eigenvalue weighted by atomic mass is 16.6. The predicted octanol–water partition coefficient (Wildman–Crippen LogP) is 3.86. The van der Waals surface area contributed by atoms with Crippen molar-refractivity contribution in [1.29, 1.82) is 0 Å². The molecule has 0 aliphatic heterocycles. The topological polar surface area (TPSA) is 104 Å². The molecule has 146 valence electrons. The van der Waals surface area contributed by atoms with Crippen molar-refractivity contribution in [2.75, 3.05) is 0 Å². The van der Waals surface area contributed by atoms with Gasteiger partial charge in [-0.2, -0.15) is 4.73 Å². The van der Waals surface area contributed by atoms with Crippen LogP contribution in [0.3, 0.4) is 0 Å². The summed E-state index contributed by atoms with van der Waals surface area (Å²) in [5.41, 5.74) is 0.847. The Morgan fingerprint density at radius 2 is 1.59 bits per heavy atom. The van der Waals surface area contributed by atoms with E-state index in [1.54, 1.807) is 42.5 Å². The van der Waals surface area contributed by atoms with Gasteiger partial charge in [0.25, 0.3) is 11.4 Å². The predicted molar refractivity (Wildman–Crippen MR) is 106 cm³/mol. The Bertz CT molecular complexity index is 1050. The van der Waals surface area contributed by atoms with Gasteiger partial charge < -0.3 is 5.21 Å². The number of hydrogen-bond acceptors (Lipinski definition) is 5. The summed E-state index contributed by atoms with van der Waals surface area (Å²) in [7, 11) is 0. The third-order valence-electron chi connectivity index (χ3n) is 4.62. The molecule has 0 saturated heterocycles. The molecule has 0 aliphatic carbocycles. The van der Waals surface area contributed by atoms with Crippen LogP contribution in [0.4, 0.5) is 5.69 Å². The number of hydrogen-bond donors (Lipinski definition) is 0. The second kappa shape index (κ2) is 8.88. The second-order valence-corrected chi connectivity index (χ2v) is 6.58. The van der Waals surface area contributed by atoms with Crippen LogP contribution in [0.1, 0.15) is 45.2 Å². The quantitative estimate of drug-likeness (QED) is 0.191. The van der Waals surface area contributed by atoms with Gasteiger partial charge in [-0.05, 0) is 17.5 Å². The molecule has 7 heteroatoms. The van der Waals surface area contributed by atoms with Crippen molar-refractivity contribution in [1.82, 2.24) is 0 Å². The number of ketones is 2. The highest BCUT2D eigenvalue weighted by Crippen LogP contribution is 2.29. The molecule has 0 spiro atoms. The fourth-order valence-electron chi connectivity index (χ4n) is 3.14. The number of benzene rings is 2. The van der Waals surface area contributed by atoms with E-state index in [0.717, 1.165) is 0 Å². The van der Waals surface area contributed by atoms with E-state index in [0.29, 0.717) is 15.9 Å². The third-order valence-corrected chi connectivity index (χ3v) is 4.62. The Morgan fingerprint density at radius 3 is 2.28 bits per heavy atom. The maximum absolute atomic E-state index is 12.7. The highest BCUT2D eigenvalue weighted by Gasteiger charge is 2.25. The summed E-state index contributed by atoms with van der Waals surface area (Å²) >= 11 is 0. The van der Waals surface area contributed by atoms with Gasteiger partial charge in [-0.25, -0.2) is 0 Å². The normalized spacial score (nSPS) is 11.6. The Labute approximate surface area is 167 Å². The number of nitrogens with zero attached hydrogens (tertiary/aromatic N) is 2. The molecular formula is C22H18N2O5. The first-order valence-corrected chi connectivity index (χ1v) is 8.99. The second-order valence-electron chi connectivity index (χ2n) is 6.58. The number of Topliss-reactive ketones (excluding diaryl/α,β-unsaturated/α-hetero) is 2. The molecule has 0 saturated carbocycles. The van der Waals surface area contributed by atoms with E-state index in [1.165, 1.54) is 36.5 Å². The van der Waals surface area contributed by atoms with Gasteiger partial charge in [0.15, 0.2) is 12.0 Å². The van der Waals surface area contributed by atoms with Crippen LogP contribution in [0.5, 0.6) is 0 Å². The van der Waals surface area contributed by atoms with E-state index in [-0.39, 0.29) is 30.0 Å². The number of aromatic nitrogens is 1. The van der Waals surface area contributed by atoms with Crippen molar-refractivity contribution < 1.29 is 19.2 Å². The fraction of sp³-hybridized carbons (Fsp3) is 0.136. The van der Waals surface area contributed by atoms with Crippen molar-refractivity contribution >= 4 is 17.3 Å². The van der Waals surface area contributed by atoms with Crippen LogP contribution in [0.25, 0.3) is 0 Å². The molecule has 0 radical (unpaired) electrons. The van der Waals surface area contributed by atoms with Crippen LogP contribution in [-0.2, 0) is 0 Å². The Balaban J connectivity index is 1.92. The zero-order chi connectivity index (χ0) is 20.8. The lowest BCUT2D eigenvalue weighted by Gasteiger charge is -2.16. The van der Waals surface area contributed by atoms with E-state index in [1.807, 2.05) is 0 Å². The van der Waals surface area contributed by atoms with Gasteiger partial charge in [-0.3, -0.25) is 19.7 Å². The number of carbonyl (C=O) groups is 2. The van der Waals surface area contributed by atoms with Crippen LogP contribution in [0.15, 0.2) is 79.0 Å². The molecule has 0 aliphatic rings. The Morgan fingerprint density at radius 1 is 0.897 bits per heavy atom. The SMILES string of the molecule is O=C(C[C@H](CC(=O)c1cccc[n+]1[O-])c1cccc([N+](=O)[O-])c1)c1ccccc1. The minimum atomic E-state index is -0.602. The van der Waals surface area contributed by atoms with Crippen molar-refractivity contribution in [3.8, 4) is 0 Å². The van der Waals surface area contributed by atoms with Crippen LogP contribution < -0.4 is 4.73 Å². The van der Waals surface area contributed by atoms with Gasteiger partial charge in [0.2, 0.25) is 5.78 Å². The summed E-state index contributed by atoms with van der Waals surface area (Å²) in [6.45, 7) is 0. The van der Waals surface area contributed by atoms with Gasteiger partial charge in [0.05, 0.1) is 4.92 Å². The minimum Gasteiger partial charge on any atom is -0.618 e. The van der Waals surface area contributed by atoms with Crippen LogP contribution in [0, 0.1) is 15.3 Å². The number of carbonyl (C=O) groups excluding carboxylic acids is 2. The average Bonchev–Trinajstić information content (AvgIpc) is 2.74. The van der Waals surface area contributed by atoms with Crippen LogP contribution in [-0.4, -0.2) is 16.5 Å². The van der Waals surface area contributed by atoms with Gasteiger partial charge in [-0.1, -0.05) is 42.5 Å². The molecule has 1 aromatic heterocycles. The molecule has 2 aromatic carbocycles. The first kappa shape index (κ1) is 19.9. The first-order valence-electron chi connectivity index (χ1n) is 8.99. The molecule has 1 atom stereocenters. The van der Waals surface area contributed by atoms with Gasteiger partial charge in [0, 0.05) is 42.7 Å². The zero-order valence-electron chi connectivity index (χ0n) is 15.4. The molecule has 3 rings (SSSR count). The van der Waals surface area contributed by atoms with Gasteiger partial charge in [-0.15, -0.1) is 0 Å². The maximum Gasteiger partial charge on any atom is 0.269 e. The number of rotatable bonds is 8. The molecule has 1 heterocycles. The largest absolute Gasteiger partial charge is 0.618 e. The Kier molecular flexibility index (Phi) is 6.09. The number of non-ortho nitro benzene ring substituents is 1. The minimum absolute atomic E-state index is 0.0113. The molecule has 0 N–H and O–H groups in total. The summed E-state index contributed by atoms with van der Waals surface area (Å²) in [5.74, 6) is -1.22. The molecule has 29 heavy (non-hydrogen) atoms. The lowest BCUT2D eigenvalue weighted by molar-refractivity contribution is -0.607. The van der Waals surface area contributed by atoms with Gasteiger partial charge in [0.1, 0.15) is 0 Å². The average molecular weight is 390 g/mol. The van der Waals surface area contributed by atoms with E-state index in [2.05, 4.69) is 0 Å². The zero-order valence-corrected chi connectivity index (χ0v) is 15.4. The molecule has 7 nitrogen and oxygen atoms in total. The summed E-state index contributed by atoms with van der Waals surface area (Å²) in [6, 6.07) is 19.0. The number of nitro benzene ring substituents is 1. The number of pyridine rings is 1. The summed E-state index contributed by atoms with van der Waals surface area (Å²) in [4.78, 5) is 36.1. The lowest BCUT2D eigenvalue weighted by Crippen LogP contribution is -2.34. The highest BCUT2D eigenvalue weighted by molar-refractivity contribution is 5.98. The lowest BCUT2D eigenvalue weighted by atomic mass is 9.86. The van der Waals surface area contributed by atoms with Crippen LogP contribution in [0.2, 0.25) is 0 Å². The van der Waals surface area contributed by atoms with Gasteiger partial charge >= 0.3 is 0 Å². The molecular weight excluding hydrogens is 372 g/mol. The smallest absolute Gasteiger partial charge is 0.269 e. The molecule has 0 fully saturated rings. The molecule has 3 aromatic rings. The Hall–Kier alpha value is -3.87. The third kappa shape index (κ3) is 4.90. The number of nitro groups is 1. The van der Waals surface area contributed by atoms with Crippen molar-refractivity contribution in [2.45, 2.75) is 18.8 Å². The first-order chi connectivity index (χ1) is 14.0. The van der Waals surface area contributed by atoms with E-state index >= 15 is 0 Å². The van der Waals surface area contributed by atoms with E-state index in [9.17, 15) is 24.9 Å². The summed E-state index contributed by atoms with van der Waals surface area (Å²) < 4.78 is 0.478. The van der Waals surface area contributed by atoms with Crippen molar-refractivity contribution in [3.05, 3.63) is 111 Å². The molecule has 0 bridgehead atoms.